The molecule has 4 saturated heterocycles. The fourth-order valence-electron chi connectivity index (χ4n) is 10.4. The summed E-state index contributed by atoms with van der Waals surface area (Å²) in [6.45, 7) is 0. The smallest absolute Gasteiger partial charge is 0.247 e. The molecule has 8 atom stereocenters. The second-order valence-electron chi connectivity index (χ2n) is 14.6. The molecule has 0 radical (unpaired) electrons. The number of carbonyl (C=O) groups excluding carboxylic acids is 4. The summed E-state index contributed by atoms with van der Waals surface area (Å²) in [4.78, 5) is 61.2. The van der Waals surface area contributed by atoms with Crippen molar-refractivity contribution >= 4 is 35.0 Å². The van der Waals surface area contributed by atoms with Crippen LogP contribution in [0, 0.1) is 0 Å². The van der Waals surface area contributed by atoms with E-state index in [-0.39, 0.29) is 23.6 Å². The molecular formula is C40H36N6O4. The van der Waals surface area contributed by atoms with Gasteiger partial charge in [0.05, 0.1) is 10.8 Å². The zero-order valence-corrected chi connectivity index (χ0v) is 27.2. The third-order valence-corrected chi connectivity index (χ3v) is 12.3. The molecule has 6 heterocycles. The lowest BCUT2D eigenvalue weighted by Gasteiger charge is -2.48. The number of rotatable bonds is 5. The highest BCUT2D eigenvalue weighted by atomic mass is 16.2. The van der Waals surface area contributed by atoms with Gasteiger partial charge in [0.2, 0.25) is 23.6 Å². The number of nitrogens with one attached hydrogen (secondary N) is 4. The van der Waals surface area contributed by atoms with E-state index in [9.17, 15) is 19.2 Å². The van der Waals surface area contributed by atoms with E-state index in [1.165, 1.54) is 0 Å². The Labute approximate surface area is 289 Å². The Hall–Kier alpha value is -5.64. The zero-order chi connectivity index (χ0) is 33.8. The Kier molecular flexibility index (Phi) is 6.11. The van der Waals surface area contributed by atoms with E-state index in [0.29, 0.717) is 25.7 Å². The van der Waals surface area contributed by atoms with Gasteiger partial charge >= 0.3 is 0 Å². The highest BCUT2D eigenvalue weighted by Crippen LogP contribution is 2.68. The minimum absolute atomic E-state index is 0.134. The topological polar surface area (TPSA) is 123 Å². The Balaban J connectivity index is 1.13. The minimum Gasteiger partial charge on any atom is -0.364 e. The van der Waals surface area contributed by atoms with Crippen LogP contribution in [0.1, 0.15) is 35.1 Å². The van der Waals surface area contributed by atoms with Crippen LogP contribution in [0.2, 0.25) is 0 Å². The first kappa shape index (κ1) is 29.3. The molecule has 0 aliphatic carbocycles. The minimum atomic E-state index is -0.861. The molecule has 4 amide bonds. The van der Waals surface area contributed by atoms with Crippen molar-refractivity contribution in [2.24, 2.45) is 0 Å². The SMILES string of the molecule is O=C1N[C@@H](Cc2ccccc2)C(=O)N2C1C[C@]1([C@]34CC5C(=O)N[C@@H](Cc6ccccc6)C(=O)N5[C@H]3Nc3ccccc34)c3ccccc3N[C@H]21. The maximum atomic E-state index is 14.6. The van der Waals surface area contributed by atoms with Crippen molar-refractivity contribution in [1.82, 2.24) is 20.4 Å². The third kappa shape index (κ3) is 3.73. The molecule has 0 spiro atoms. The van der Waals surface area contributed by atoms with Crippen molar-refractivity contribution < 1.29 is 19.2 Å². The summed E-state index contributed by atoms with van der Waals surface area (Å²) in [5.41, 5.74) is 4.00. The van der Waals surface area contributed by atoms with Crippen LogP contribution in [0.4, 0.5) is 11.4 Å². The Morgan fingerprint density at radius 1 is 0.500 bits per heavy atom. The maximum Gasteiger partial charge on any atom is 0.247 e. The van der Waals surface area contributed by atoms with Gasteiger partial charge in [-0.15, -0.1) is 0 Å². The van der Waals surface area contributed by atoms with E-state index >= 15 is 0 Å². The molecule has 4 N–H and O–H groups in total. The second kappa shape index (κ2) is 10.4. The molecule has 2 unspecified atom stereocenters. The average molecular weight is 665 g/mol. The number of hydrogen-bond donors (Lipinski definition) is 4. The van der Waals surface area contributed by atoms with Crippen molar-refractivity contribution in [2.75, 3.05) is 10.6 Å². The highest BCUT2D eigenvalue weighted by Gasteiger charge is 2.78. The Bertz CT molecular complexity index is 1940. The number of para-hydroxylation sites is 2. The first-order chi connectivity index (χ1) is 24.4. The van der Waals surface area contributed by atoms with Crippen LogP contribution in [0.5, 0.6) is 0 Å². The van der Waals surface area contributed by atoms with E-state index in [4.69, 9.17) is 0 Å². The lowest BCUT2D eigenvalue weighted by Crippen LogP contribution is -2.67. The van der Waals surface area contributed by atoms with Crippen LogP contribution in [-0.4, -0.2) is 69.9 Å². The molecule has 4 aromatic carbocycles. The van der Waals surface area contributed by atoms with Crippen LogP contribution in [0.25, 0.3) is 0 Å². The van der Waals surface area contributed by atoms with Gasteiger partial charge in [-0.25, -0.2) is 0 Å². The van der Waals surface area contributed by atoms with E-state index in [2.05, 4.69) is 33.4 Å². The molecule has 0 aromatic heterocycles. The number of carbonyl (C=O) groups is 4. The summed E-state index contributed by atoms with van der Waals surface area (Å²) in [6, 6.07) is 32.8. The molecule has 50 heavy (non-hydrogen) atoms. The number of piperazine rings is 2. The Morgan fingerprint density at radius 2 is 0.880 bits per heavy atom. The standard InChI is InChI=1S/C40H36N6O4/c47-33-31-21-39(25-15-7-9-17-27(25)43-37(39)45(31)35(49)29(41-33)19-23-11-3-1-4-12-23)40-22-32-34(48)42-30(20-24-13-5-2-6-14-24)36(50)46(32)38(40)44-28-18-10-8-16-26(28)40/h1-18,29-32,37-38,43-44H,19-22H2,(H,41,47)(H,42,48)/t29-,30-,31?,32?,37+,38+,39-,40-/m0/s1. The fourth-order valence-corrected chi connectivity index (χ4v) is 10.4. The number of nitrogens with zero attached hydrogens (tertiary/aromatic N) is 2. The van der Waals surface area contributed by atoms with Crippen molar-refractivity contribution in [3.05, 3.63) is 131 Å². The van der Waals surface area contributed by atoms with Crippen LogP contribution < -0.4 is 21.3 Å². The Morgan fingerprint density at radius 3 is 1.30 bits per heavy atom. The van der Waals surface area contributed by atoms with Gasteiger partial charge in [-0.3, -0.25) is 19.2 Å². The highest BCUT2D eigenvalue weighted by molar-refractivity contribution is 6.01. The number of benzene rings is 4. The first-order valence-electron chi connectivity index (χ1n) is 17.5. The molecule has 10 heteroatoms. The largest absolute Gasteiger partial charge is 0.364 e. The van der Waals surface area contributed by atoms with Crippen LogP contribution in [0.15, 0.2) is 109 Å². The van der Waals surface area contributed by atoms with E-state index < -0.39 is 47.3 Å². The molecule has 4 fully saturated rings. The molecule has 10 nitrogen and oxygen atoms in total. The van der Waals surface area contributed by atoms with Gasteiger partial charge in [0, 0.05) is 24.2 Å². The second-order valence-corrected chi connectivity index (χ2v) is 14.6. The predicted molar refractivity (Wildman–Crippen MR) is 186 cm³/mol. The summed E-state index contributed by atoms with van der Waals surface area (Å²) in [5.74, 6) is -0.632. The van der Waals surface area contributed by atoms with Gasteiger partial charge < -0.3 is 31.1 Å². The van der Waals surface area contributed by atoms with Crippen molar-refractivity contribution in [3.8, 4) is 0 Å². The quantitative estimate of drug-likeness (QED) is 0.260. The summed E-state index contributed by atoms with van der Waals surface area (Å²) < 4.78 is 0. The number of fused-ring (bicyclic) bond motifs is 11. The van der Waals surface area contributed by atoms with Crippen LogP contribution in [0.3, 0.4) is 0 Å². The van der Waals surface area contributed by atoms with Gasteiger partial charge in [-0.2, -0.15) is 0 Å². The predicted octanol–water partition coefficient (Wildman–Crippen LogP) is 3.05. The van der Waals surface area contributed by atoms with E-state index in [1.807, 2.05) is 97.1 Å². The summed E-state index contributed by atoms with van der Waals surface area (Å²) >= 11 is 0. The summed E-state index contributed by atoms with van der Waals surface area (Å²) in [6.07, 6.45) is 0.273. The monoisotopic (exact) mass is 664 g/mol. The number of hydrogen-bond acceptors (Lipinski definition) is 6. The molecule has 0 bridgehead atoms. The third-order valence-electron chi connectivity index (χ3n) is 12.3. The van der Waals surface area contributed by atoms with Crippen molar-refractivity contribution in [2.45, 2.75) is 73.0 Å². The zero-order valence-electron chi connectivity index (χ0n) is 27.2. The van der Waals surface area contributed by atoms with Gasteiger partial charge in [0.15, 0.2) is 0 Å². The molecule has 6 aliphatic rings. The summed E-state index contributed by atoms with van der Waals surface area (Å²) in [7, 11) is 0. The maximum absolute atomic E-state index is 14.6. The lowest BCUT2D eigenvalue weighted by atomic mass is 9.54. The van der Waals surface area contributed by atoms with Crippen molar-refractivity contribution in [1.29, 1.82) is 0 Å². The lowest BCUT2D eigenvalue weighted by molar-refractivity contribution is -0.149. The fraction of sp³-hybridized carbons (Fsp3) is 0.300. The molecular weight excluding hydrogens is 628 g/mol. The van der Waals surface area contributed by atoms with Gasteiger partial charge in [-0.1, -0.05) is 97.1 Å². The normalized spacial score (nSPS) is 32.9. The average Bonchev–Trinajstić information content (AvgIpc) is 3.85. The van der Waals surface area contributed by atoms with Crippen LogP contribution >= 0.6 is 0 Å². The van der Waals surface area contributed by atoms with Crippen LogP contribution in [-0.2, 0) is 42.8 Å². The number of amides is 4. The van der Waals surface area contributed by atoms with Gasteiger partial charge in [0.1, 0.15) is 36.5 Å². The molecule has 250 valence electrons. The van der Waals surface area contributed by atoms with Gasteiger partial charge in [-0.05, 0) is 47.2 Å². The molecule has 4 aromatic rings. The molecule has 6 aliphatic heterocycles. The van der Waals surface area contributed by atoms with Gasteiger partial charge in [0.25, 0.3) is 0 Å². The molecule has 10 rings (SSSR count). The van der Waals surface area contributed by atoms with E-state index in [0.717, 1.165) is 33.6 Å². The first-order valence-corrected chi connectivity index (χ1v) is 17.5. The molecule has 0 saturated carbocycles. The van der Waals surface area contributed by atoms with Crippen molar-refractivity contribution in [3.63, 3.8) is 0 Å². The number of anilines is 2. The summed E-state index contributed by atoms with van der Waals surface area (Å²) in [5, 5.41) is 13.6. The van der Waals surface area contributed by atoms with E-state index in [1.54, 1.807) is 9.80 Å².